The van der Waals surface area contributed by atoms with Crippen LogP contribution in [-0.4, -0.2) is 16.6 Å². The Kier molecular flexibility index (Phi) is 4.73. The number of hydrogen-bond acceptors (Lipinski definition) is 5. The Labute approximate surface area is 124 Å². The third-order valence-electron chi connectivity index (χ3n) is 2.36. The molecule has 0 aliphatic rings. The van der Waals surface area contributed by atoms with Crippen molar-refractivity contribution < 1.29 is 13.9 Å². The lowest BCUT2D eigenvalue weighted by Crippen LogP contribution is -2.04. The Morgan fingerprint density at radius 2 is 2.05 bits per heavy atom. The molecule has 0 saturated carbocycles. The minimum Gasteiger partial charge on any atom is -0.476 e. The summed E-state index contributed by atoms with van der Waals surface area (Å²) in [5, 5.41) is 0. The van der Waals surface area contributed by atoms with E-state index >= 15 is 0 Å². The van der Waals surface area contributed by atoms with Gasteiger partial charge in [-0.15, -0.1) is 0 Å². The van der Waals surface area contributed by atoms with E-state index in [1.54, 1.807) is 0 Å². The summed E-state index contributed by atoms with van der Waals surface area (Å²) in [6.45, 7) is 2.48. The molecule has 1 aromatic heterocycles. The minimum absolute atomic E-state index is 0.171. The highest BCUT2D eigenvalue weighted by molar-refractivity contribution is 9.10. The zero-order chi connectivity index (χ0) is 14.5. The standard InChI is InChI=1S/C13H13BrFN3O2/c1-2-5-19-12-11(16)13(18-7-17-12)20-8-3-4-10(15)9(14)6-8/h3-4,6-7H,2,5,16H2,1H3. The highest BCUT2D eigenvalue weighted by atomic mass is 79.9. The van der Waals surface area contributed by atoms with Crippen molar-refractivity contribution >= 4 is 21.6 Å². The van der Waals surface area contributed by atoms with E-state index in [2.05, 4.69) is 25.9 Å². The Balaban J connectivity index is 2.22. The lowest BCUT2D eigenvalue weighted by atomic mass is 10.3. The summed E-state index contributed by atoms with van der Waals surface area (Å²) in [4.78, 5) is 7.89. The van der Waals surface area contributed by atoms with Gasteiger partial charge in [-0.05, 0) is 40.5 Å². The molecule has 1 aromatic carbocycles. The van der Waals surface area contributed by atoms with Crippen molar-refractivity contribution in [3.8, 4) is 17.5 Å². The fourth-order valence-corrected chi connectivity index (χ4v) is 1.77. The first-order chi connectivity index (χ1) is 9.61. The minimum atomic E-state index is -0.375. The monoisotopic (exact) mass is 341 g/mol. The zero-order valence-corrected chi connectivity index (χ0v) is 12.4. The number of aromatic nitrogens is 2. The summed E-state index contributed by atoms with van der Waals surface area (Å²) in [6.07, 6.45) is 2.14. The second-order valence-corrected chi connectivity index (χ2v) is 4.78. The normalized spacial score (nSPS) is 10.3. The van der Waals surface area contributed by atoms with E-state index in [0.717, 1.165) is 6.42 Å². The van der Waals surface area contributed by atoms with Crippen molar-refractivity contribution in [1.82, 2.24) is 9.97 Å². The molecule has 1 heterocycles. The van der Waals surface area contributed by atoms with Crippen molar-refractivity contribution in [3.05, 3.63) is 34.8 Å². The highest BCUT2D eigenvalue weighted by Gasteiger charge is 2.12. The molecule has 0 bridgehead atoms. The van der Waals surface area contributed by atoms with Gasteiger partial charge in [0.15, 0.2) is 5.69 Å². The summed E-state index contributed by atoms with van der Waals surface area (Å²) in [6, 6.07) is 4.25. The third kappa shape index (κ3) is 3.36. The van der Waals surface area contributed by atoms with Gasteiger partial charge in [0.1, 0.15) is 17.9 Å². The smallest absolute Gasteiger partial charge is 0.249 e. The van der Waals surface area contributed by atoms with Gasteiger partial charge < -0.3 is 15.2 Å². The Bertz CT molecular complexity index is 610. The first-order valence-electron chi connectivity index (χ1n) is 5.98. The number of hydrogen-bond donors (Lipinski definition) is 1. The topological polar surface area (TPSA) is 70.3 Å². The quantitative estimate of drug-likeness (QED) is 0.900. The Hall–Kier alpha value is -1.89. The van der Waals surface area contributed by atoms with Gasteiger partial charge in [0, 0.05) is 0 Å². The molecule has 0 aliphatic heterocycles. The van der Waals surface area contributed by atoms with E-state index in [4.69, 9.17) is 15.2 Å². The fourth-order valence-electron chi connectivity index (χ4n) is 1.41. The van der Waals surface area contributed by atoms with Gasteiger partial charge in [-0.2, -0.15) is 9.97 Å². The third-order valence-corrected chi connectivity index (χ3v) is 2.97. The predicted molar refractivity (Wildman–Crippen MR) is 76.4 cm³/mol. The molecule has 0 amide bonds. The summed E-state index contributed by atoms with van der Waals surface area (Å²) in [7, 11) is 0. The molecule has 0 atom stereocenters. The summed E-state index contributed by atoms with van der Waals surface area (Å²) in [5.74, 6) is 0.479. The van der Waals surface area contributed by atoms with Gasteiger partial charge in [0.05, 0.1) is 11.1 Å². The molecule has 7 heteroatoms. The second-order valence-electron chi connectivity index (χ2n) is 3.92. The molecule has 0 unspecified atom stereocenters. The molecule has 0 saturated heterocycles. The van der Waals surface area contributed by atoms with Crippen LogP contribution in [0.5, 0.6) is 17.5 Å². The summed E-state index contributed by atoms with van der Waals surface area (Å²) in [5.41, 5.74) is 6.09. The van der Waals surface area contributed by atoms with Crippen LogP contribution in [0.1, 0.15) is 13.3 Å². The van der Waals surface area contributed by atoms with Crippen LogP contribution in [0, 0.1) is 5.82 Å². The van der Waals surface area contributed by atoms with Gasteiger partial charge in [0.25, 0.3) is 0 Å². The van der Waals surface area contributed by atoms with E-state index in [1.165, 1.54) is 24.5 Å². The number of ether oxygens (including phenoxy) is 2. The molecule has 106 valence electrons. The van der Waals surface area contributed by atoms with Crippen LogP contribution < -0.4 is 15.2 Å². The maximum Gasteiger partial charge on any atom is 0.249 e. The molecule has 0 spiro atoms. The number of nitrogen functional groups attached to an aromatic ring is 1. The average molecular weight is 342 g/mol. The van der Waals surface area contributed by atoms with Crippen LogP contribution in [-0.2, 0) is 0 Å². The molecule has 0 radical (unpaired) electrons. The van der Waals surface area contributed by atoms with Crippen molar-refractivity contribution in [1.29, 1.82) is 0 Å². The maximum absolute atomic E-state index is 13.1. The van der Waals surface area contributed by atoms with Gasteiger partial charge in [0.2, 0.25) is 11.8 Å². The van der Waals surface area contributed by atoms with Gasteiger partial charge in [-0.3, -0.25) is 0 Å². The van der Waals surface area contributed by atoms with Crippen molar-refractivity contribution in [2.75, 3.05) is 12.3 Å². The van der Waals surface area contributed by atoms with E-state index in [-0.39, 0.29) is 23.3 Å². The van der Waals surface area contributed by atoms with Crippen molar-refractivity contribution in [2.45, 2.75) is 13.3 Å². The second kappa shape index (κ2) is 6.51. The van der Waals surface area contributed by atoms with Gasteiger partial charge >= 0.3 is 0 Å². The van der Waals surface area contributed by atoms with Gasteiger partial charge in [-0.25, -0.2) is 4.39 Å². The highest BCUT2D eigenvalue weighted by Crippen LogP contribution is 2.32. The van der Waals surface area contributed by atoms with Crippen LogP contribution >= 0.6 is 15.9 Å². The van der Waals surface area contributed by atoms with Crippen molar-refractivity contribution in [2.24, 2.45) is 0 Å². The molecule has 0 fully saturated rings. The average Bonchev–Trinajstić information content (AvgIpc) is 2.44. The number of nitrogens with two attached hydrogens (primary N) is 1. The van der Waals surface area contributed by atoms with Crippen molar-refractivity contribution in [3.63, 3.8) is 0 Å². The number of rotatable bonds is 5. The summed E-state index contributed by atoms with van der Waals surface area (Å²) < 4.78 is 24.3. The first-order valence-corrected chi connectivity index (χ1v) is 6.77. The largest absolute Gasteiger partial charge is 0.476 e. The van der Waals surface area contributed by atoms with Crippen LogP contribution in [0.15, 0.2) is 29.0 Å². The zero-order valence-electron chi connectivity index (χ0n) is 10.8. The summed E-state index contributed by atoms with van der Waals surface area (Å²) >= 11 is 3.08. The lowest BCUT2D eigenvalue weighted by molar-refractivity contribution is 0.304. The van der Waals surface area contributed by atoms with Gasteiger partial charge in [-0.1, -0.05) is 6.92 Å². The molecule has 5 nitrogen and oxygen atoms in total. The van der Waals surface area contributed by atoms with E-state index < -0.39 is 0 Å². The number of nitrogens with zero attached hydrogens (tertiary/aromatic N) is 2. The molecule has 20 heavy (non-hydrogen) atoms. The molecular formula is C13H13BrFN3O2. The maximum atomic E-state index is 13.1. The fraction of sp³-hybridized carbons (Fsp3) is 0.231. The molecule has 0 aliphatic carbocycles. The Morgan fingerprint density at radius 3 is 2.75 bits per heavy atom. The molecule has 2 rings (SSSR count). The van der Waals surface area contributed by atoms with E-state index in [1.807, 2.05) is 6.92 Å². The SMILES string of the molecule is CCCOc1ncnc(Oc2ccc(F)c(Br)c2)c1N. The number of anilines is 1. The first kappa shape index (κ1) is 14.5. The molecular weight excluding hydrogens is 329 g/mol. The van der Waals surface area contributed by atoms with E-state index in [9.17, 15) is 4.39 Å². The predicted octanol–water partition coefficient (Wildman–Crippen LogP) is 3.54. The number of benzene rings is 1. The van der Waals surface area contributed by atoms with Crippen LogP contribution in [0.3, 0.4) is 0 Å². The van der Waals surface area contributed by atoms with Crippen LogP contribution in [0.25, 0.3) is 0 Å². The van der Waals surface area contributed by atoms with E-state index in [0.29, 0.717) is 16.8 Å². The van der Waals surface area contributed by atoms with Crippen LogP contribution in [0.4, 0.5) is 10.1 Å². The number of halogens is 2. The molecule has 2 aromatic rings. The lowest BCUT2D eigenvalue weighted by Gasteiger charge is -2.10. The Morgan fingerprint density at radius 1 is 1.30 bits per heavy atom. The molecule has 2 N–H and O–H groups in total. The van der Waals surface area contributed by atoms with Crippen LogP contribution in [0.2, 0.25) is 0 Å².